The van der Waals surface area contributed by atoms with Gasteiger partial charge in [-0.3, -0.25) is 4.79 Å². The van der Waals surface area contributed by atoms with Crippen LogP contribution in [-0.4, -0.2) is 5.78 Å². The van der Waals surface area contributed by atoms with Gasteiger partial charge in [0.25, 0.3) is 0 Å². The van der Waals surface area contributed by atoms with Gasteiger partial charge in [0.05, 0.1) is 5.57 Å². The lowest BCUT2D eigenvalue weighted by Crippen LogP contribution is -2.04. The summed E-state index contributed by atoms with van der Waals surface area (Å²) in [4.78, 5) is 12.1. The lowest BCUT2D eigenvalue weighted by molar-refractivity contribution is -0.112. The van der Waals surface area contributed by atoms with Gasteiger partial charge in [0.2, 0.25) is 0 Å². The fraction of sp³-hybridized carbons (Fsp3) is 0.188. The second-order valence-electron chi connectivity index (χ2n) is 3.50. The van der Waals surface area contributed by atoms with Crippen molar-refractivity contribution in [1.29, 1.82) is 0 Å². The number of ketones is 1. The van der Waals surface area contributed by atoms with Crippen LogP contribution >= 0.6 is 0 Å². The van der Waals surface area contributed by atoms with Gasteiger partial charge < -0.3 is 4.74 Å². The first kappa shape index (κ1) is 14.0. The number of carbonyl (C=O) groups is 1. The van der Waals surface area contributed by atoms with Crippen molar-refractivity contribution in [2.24, 2.45) is 0 Å². The summed E-state index contributed by atoms with van der Waals surface area (Å²) in [7, 11) is 0. The van der Waals surface area contributed by atoms with Crippen molar-refractivity contribution in [1.82, 2.24) is 0 Å². The van der Waals surface area contributed by atoms with Crippen molar-refractivity contribution >= 4 is 5.78 Å². The highest BCUT2D eigenvalue weighted by Crippen LogP contribution is 2.28. The van der Waals surface area contributed by atoms with Crippen LogP contribution < -0.4 is 0 Å². The molecule has 0 aromatic heterocycles. The smallest absolute Gasteiger partial charge is 0.193 e. The Hall–Kier alpha value is -2.09. The van der Waals surface area contributed by atoms with Crippen molar-refractivity contribution in [2.45, 2.75) is 20.3 Å². The molecule has 1 aliphatic heterocycles. The van der Waals surface area contributed by atoms with Gasteiger partial charge in [-0.15, -0.1) is 0 Å². The zero-order valence-electron chi connectivity index (χ0n) is 10.9. The van der Waals surface area contributed by atoms with Crippen LogP contribution in [0, 0.1) is 0 Å². The van der Waals surface area contributed by atoms with E-state index in [9.17, 15) is 4.79 Å². The molecule has 2 nitrogen and oxygen atoms in total. The lowest BCUT2D eigenvalue weighted by Gasteiger charge is -2.06. The first-order chi connectivity index (χ1) is 8.76. The molecule has 2 aliphatic rings. The van der Waals surface area contributed by atoms with Crippen molar-refractivity contribution in [3.05, 3.63) is 72.3 Å². The summed E-state index contributed by atoms with van der Waals surface area (Å²) in [5, 5.41) is 0. The zero-order valence-corrected chi connectivity index (χ0v) is 10.9. The maximum absolute atomic E-state index is 12.1. The summed E-state index contributed by atoms with van der Waals surface area (Å²) in [6, 6.07) is 0. The Morgan fingerprint density at radius 1 is 1.17 bits per heavy atom. The van der Waals surface area contributed by atoms with Crippen LogP contribution in [0.25, 0.3) is 0 Å². The summed E-state index contributed by atoms with van der Waals surface area (Å²) in [5.41, 5.74) is 1.19. The van der Waals surface area contributed by atoms with Gasteiger partial charge in [-0.2, -0.15) is 0 Å². The van der Waals surface area contributed by atoms with E-state index >= 15 is 0 Å². The molecule has 0 unspecified atom stereocenters. The van der Waals surface area contributed by atoms with E-state index in [1.54, 1.807) is 0 Å². The molecule has 0 atom stereocenters. The third-order valence-electron chi connectivity index (χ3n) is 2.49. The van der Waals surface area contributed by atoms with Gasteiger partial charge in [0.15, 0.2) is 5.78 Å². The Bertz CT molecular complexity index is 485. The minimum Gasteiger partial charge on any atom is -0.461 e. The van der Waals surface area contributed by atoms with E-state index in [0.29, 0.717) is 23.3 Å². The number of rotatable bonds is 2. The molecule has 0 aromatic rings. The van der Waals surface area contributed by atoms with E-state index in [2.05, 4.69) is 13.2 Å². The van der Waals surface area contributed by atoms with Crippen molar-refractivity contribution in [3.63, 3.8) is 0 Å². The Morgan fingerprint density at radius 2 is 1.83 bits per heavy atom. The third kappa shape index (κ3) is 2.77. The quantitative estimate of drug-likeness (QED) is 0.731. The molecule has 0 saturated carbocycles. The predicted octanol–water partition coefficient (Wildman–Crippen LogP) is 4.01. The molecule has 2 heteroatoms. The molecular formula is C16H18O2. The van der Waals surface area contributed by atoms with Crippen LogP contribution in [0.4, 0.5) is 0 Å². The van der Waals surface area contributed by atoms with Gasteiger partial charge in [0, 0.05) is 12.0 Å². The minimum absolute atomic E-state index is 0.0418. The van der Waals surface area contributed by atoms with Crippen LogP contribution in [-0.2, 0) is 9.53 Å². The SMILES string of the molecule is C=CC1=C(C=C)C(=O)C2=CC=CC=C(C2)O1.CC. The summed E-state index contributed by atoms with van der Waals surface area (Å²) < 4.78 is 5.62. The molecule has 2 bridgehead atoms. The lowest BCUT2D eigenvalue weighted by atomic mass is 10.0. The van der Waals surface area contributed by atoms with Crippen LogP contribution in [0.3, 0.4) is 0 Å². The standard InChI is InChI=1S/C14H12O2.C2H6/c1-3-12-13(4-2)16-11-8-6-5-7-10(9-11)14(12)15;1-2/h3-8H,1-2,9H2;1-2H3. The second kappa shape index (κ2) is 6.60. The largest absolute Gasteiger partial charge is 0.461 e. The summed E-state index contributed by atoms with van der Waals surface area (Å²) in [5.74, 6) is 1.19. The van der Waals surface area contributed by atoms with Gasteiger partial charge in [-0.05, 0) is 12.2 Å². The molecule has 0 fully saturated rings. The summed E-state index contributed by atoms with van der Waals surface area (Å²) in [6.45, 7) is 11.3. The molecule has 1 aliphatic carbocycles. The molecule has 0 N–H and O–H groups in total. The number of Topliss-reactive ketones (excluding diaryl/α,β-unsaturated/α-hetero) is 1. The van der Waals surface area contributed by atoms with E-state index in [0.717, 1.165) is 5.76 Å². The van der Waals surface area contributed by atoms with Crippen LogP contribution in [0.1, 0.15) is 20.3 Å². The predicted molar refractivity (Wildman–Crippen MR) is 74.8 cm³/mol. The molecule has 2 rings (SSSR count). The normalized spacial score (nSPS) is 17.3. The molecular weight excluding hydrogens is 224 g/mol. The van der Waals surface area contributed by atoms with Gasteiger partial charge in [-0.1, -0.05) is 51.3 Å². The topological polar surface area (TPSA) is 26.3 Å². The Labute approximate surface area is 108 Å². The van der Waals surface area contributed by atoms with Crippen molar-refractivity contribution < 1.29 is 9.53 Å². The first-order valence-electron chi connectivity index (χ1n) is 6.04. The molecule has 0 saturated heterocycles. The number of carbonyl (C=O) groups excluding carboxylic acids is 1. The number of ether oxygens (including phenoxy) is 1. The molecule has 0 radical (unpaired) electrons. The van der Waals surface area contributed by atoms with Gasteiger partial charge in [-0.25, -0.2) is 0 Å². The maximum atomic E-state index is 12.1. The fourth-order valence-corrected chi connectivity index (χ4v) is 1.69. The van der Waals surface area contributed by atoms with Gasteiger partial charge >= 0.3 is 0 Å². The van der Waals surface area contributed by atoms with Crippen LogP contribution in [0.5, 0.6) is 0 Å². The molecule has 94 valence electrons. The van der Waals surface area contributed by atoms with Crippen molar-refractivity contribution in [3.8, 4) is 0 Å². The van der Waals surface area contributed by atoms with Gasteiger partial charge in [0.1, 0.15) is 11.5 Å². The second-order valence-corrected chi connectivity index (χ2v) is 3.50. The Balaban J connectivity index is 0.000000771. The first-order valence-corrected chi connectivity index (χ1v) is 6.04. The van der Waals surface area contributed by atoms with Crippen molar-refractivity contribution in [2.75, 3.05) is 0 Å². The molecule has 0 amide bonds. The zero-order chi connectivity index (χ0) is 13.5. The van der Waals surface area contributed by atoms with E-state index in [1.165, 1.54) is 12.2 Å². The number of hydrogen-bond acceptors (Lipinski definition) is 2. The molecule has 0 aromatic carbocycles. The number of allylic oxidation sites excluding steroid dienone is 8. The summed E-state index contributed by atoms with van der Waals surface area (Å²) in [6.07, 6.45) is 10.9. The minimum atomic E-state index is -0.0418. The Kier molecular flexibility index (Phi) is 5.12. The highest BCUT2D eigenvalue weighted by Gasteiger charge is 2.23. The maximum Gasteiger partial charge on any atom is 0.193 e. The Morgan fingerprint density at radius 3 is 2.44 bits per heavy atom. The number of hydrogen-bond donors (Lipinski definition) is 0. The van der Waals surface area contributed by atoms with Crippen LogP contribution in [0.15, 0.2) is 72.3 Å². The highest BCUT2D eigenvalue weighted by molar-refractivity contribution is 6.11. The summed E-state index contributed by atoms with van der Waals surface area (Å²) >= 11 is 0. The molecule has 0 spiro atoms. The highest BCUT2D eigenvalue weighted by atomic mass is 16.5. The fourth-order valence-electron chi connectivity index (χ4n) is 1.69. The monoisotopic (exact) mass is 242 g/mol. The third-order valence-corrected chi connectivity index (χ3v) is 2.49. The van der Waals surface area contributed by atoms with E-state index in [-0.39, 0.29) is 5.78 Å². The van der Waals surface area contributed by atoms with E-state index < -0.39 is 0 Å². The van der Waals surface area contributed by atoms with E-state index in [4.69, 9.17) is 4.74 Å². The molecule has 1 heterocycles. The average molecular weight is 242 g/mol. The van der Waals surface area contributed by atoms with E-state index in [1.807, 2.05) is 38.2 Å². The average Bonchev–Trinajstić information content (AvgIpc) is 2.72. The number of fused-ring (bicyclic) bond motifs is 2. The molecule has 18 heavy (non-hydrogen) atoms. The van der Waals surface area contributed by atoms with Crippen LogP contribution in [0.2, 0.25) is 0 Å².